The topological polar surface area (TPSA) is 47.6 Å². The van der Waals surface area contributed by atoms with Crippen LogP contribution in [0.2, 0.25) is 5.02 Å². The monoisotopic (exact) mass is 305 g/mol. The van der Waals surface area contributed by atoms with Gasteiger partial charge in [-0.1, -0.05) is 35.9 Å². The zero-order chi connectivity index (χ0) is 15.2. The minimum absolute atomic E-state index is 0.378. The fourth-order valence-corrected chi connectivity index (χ4v) is 1.98. The number of nitrogens with one attached hydrogen (secondary N) is 1. The van der Waals surface area contributed by atoms with E-state index < -0.39 is 6.09 Å². The number of para-hydroxylation sites is 2. The lowest BCUT2D eigenvalue weighted by Crippen LogP contribution is -2.16. The minimum Gasteiger partial charge on any atom is -0.495 e. The number of rotatable bonds is 4. The lowest BCUT2D eigenvalue weighted by atomic mass is 10.1. The second-order valence-corrected chi connectivity index (χ2v) is 4.86. The molecule has 0 aliphatic rings. The molecule has 0 saturated heterocycles. The van der Waals surface area contributed by atoms with Crippen molar-refractivity contribution >= 4 is 23.4 Å². The van der Waals surface area contributed by atoms with Gasteiger partial charge in [-0.05, 0) is 36.8 Å². The van der Waals surface area contributed by atoms with Crippen molar-refractivity contribution in [2.45, 2.75) is 13.0 Å². The molecule has 0 unspecified atom stereocenters. The number of ether oxygens (including phenoxy) is 2. The summed E-state index contributed by atoms with van der Waals surface area (Å²) in [6.07, 6.45) is -0.918. The lowest BCUT2D eigenvalue weighted by Gasteiger charge is -2.15. The summed E-state index contributed by atoms with van der Waals surface area (Å²) in [4.78, 5) is 11.9. The fraction of sp³-hybridized carbons (Fsp3) is 0.188. The summed E-state index contributed by atoms with van der Waals surface area (Å²) >= 11 is 5.83. The normalized spacial score (nSPS) is 11.6. The number of carbonyl (C=O) groups excluding carboxylic acids is 1. The van der Waals surface area contributed by atoms with Gasteiger partial charge in [-0.2, -0.15) is 0 Å². The number of halogens is 1. The van der Waals surface area contributed by atoms with Gasteiger partial charge < -0.3 is 9.47 Å². The van der Waals surface area contributed by atoms with Crippen LogP contribution in [0.4, 0.5) is 10.5 Å². The third-order valence-corrected chi connectivity index (χ3v) is 3.22. The maximum absolute atomic E-state index is 11.9. The predicted molar refractivity (Wildman–Crippen MR) is 83.0 cm³/mol. The number of hydrogen-bond donors (Lipinski definition) is 1. The molecule has 1 N–H and O–H groups in total. The highest BCUT2D eigenvalue weighted by Crippen LogP contribution is 2.24. The summed E-state index contributed by atoms with van der Waals surface area (Å²) in [7, 11) is 1.54. The van der Waals surface area contributed by atoms with Gasteiger partial charge in [0.15, 0.2) is 0 Å². The Kier molecular flexibility index (Phi) is 5.06. The Labute approximate surface area is 128 Å². The van der Waals surface area contributed by atoms with Crippen molar-refractivity contribution in [3.63, 3.8) is 0 Å². The van der Waals surface area contributed by atoms with E-state index >= 15 is 0 Å². The van der Waals surface area contributed by atoms with E-state index in [1.807, 2.05) is 18.2 Å². The van der Waals surface area contributed by atoms with E-state index in [-0.39, 0.29) is 6.10 Å². The van der Waals surface area contributed by atoms with E-state index in [4.69, 9.17) is 21.1 Å². The van der Waals surface area contributed by atoms with E-state index in [9.17, 15) is 4.79 Å². The largest absolute Gasteiger partial charge is 0.495 e. The van der Waals surface area contributed by atoms with Gasteiger partial charge in [0, 0.05) is 5.02 Å². The number of methoxy groups -OCH3 is 1. The molecule has 0 aliphatic carbocycles. The van der Waals surface area contributed by atoms with E-state index in [2.05, 4.69) is 5.32 Å². The second kappa shape index (κ2) is 6.99. The quantitative estimate of drug-likeness (QED) is 0.893. The highest BCUT2D eigenvalue weighted by molar-refractivity contribution is 6.30. The standard InChI is InChI=1S/C16H16ClNO3/c1-11(12-7-9-13(17)10-8-12)21-16(19)18-14-5-3-4-6-15(14)20-2/h3-11H,1-2H3,(H,18,19)/t11-/m0/s1. The summed E-state index contributed by atoms with van der Waals surface area (Å²) in [5.41, 5.74) is 1.43. The Balaban J connectivity index is 1.99. The molecule has 2 aromatic carbocycles. The van der Waals surface area contributed by atoms with E-state index in [1.54, 1.807) is 44.4 Å². The van der Waals surface area contributed by atoms with Crippen LogP contribution in [-0.2, 0) is 4.74 Å². The Morgan fingerprint density at radius 1 is 1.14 bits per heavy atom. The Morgan fingerprint density at radius 2 is 1.81 bits per heavy atom. The van der Waals surface area contributed by atoms with E-state index in [1.165, 1.54) is 0 Å². The van der Waals surface area contributed by atoms with Crippen molar-refractivity contribution in [2.75, 3.05) is 12.4 Å². The van der Waals surface area contributed by atoms with Gasteiger partial charge in [-0.3, -0.25) is 5.32 Å². The van der Waals surface area contributed by atoms with E-state index in [0.717, 1.165) is 5.56 Å². The third kappa shape index (κ3) is 4.13. The van der Waals surface area contributed by atoms with Gasteiger partial charge in [-0.15, -0.1) is 0 Å². The highest BCUT2D eigenvalue weighted by Gasteiger charge is 2.13. The number of carbonyl (C=O) groups is 1. The van der Waals surface area contributed by atoms with Crippen LogP contribution in [0.25, 0.3) is 0 Å². The molecule has 21 heavy (non-hydrogen) atoms. The SMILES string of the molecule is COc1ccccc1NC(=O)O[C@@H](C)c1ccc(Cl)cc1. The van der Waals surface area contributed by atoms with Crippen LogP contribution in [-0.4, -0.2) is 13.2 Å². The van der Waals surface area contributed by atoms with Gasteiger partial charge in [0.2, 0.25) is 0 Å². The van der Waals surface area contributed by atoms with Gasteiger partial charge >= 0.3 is 6.09 Å². The molecule has 0 radical (unpaired) electrons. The fourth-order valence-electron chi connectivity index (χ4n) is 1.85. The molecular weight excluding hydrogens is 290 g/mol. The van der Waals surface area contributed by atoms with Crippen LogP contribution in [0.3, 0.4) is 0 Å². The number of hydrogen-bond acceptors (Lipinski definition) is 3. The summed E-state index contributed by atoms with van der Waals surface area (Å²) in [6.45, 7) is 1.80. The van der Waals surface area contributed by atoms with Crippen molar-refractivity contribution in [1.29, 1.82) is 0 Å². The first-order chi connectivity index (χ1) is 10.1. The van der Waals surface area contributed by atoms with Crippen LogP contribution in [0.1, 0.15) is 18.6 Å². The first-order valence-electron chi connectivity index (χ1n) is 6.46. The smallest absolute Gasteiger partial charge is 0.412 e. The zero-order valence-corrected chi connectivity index (χ0v) is 12.6. The minimum atomic E-state index is -0.540. The molecule has 0 saturated carbocycles. The molecule has 0 fully saturated rings. The van der Waals surface area contributed by atoms with Crippen LogP contribution in [0.15, 0.2) is 48.5 Å². The van der Waals surface area contributed by atoms with Crippen LogP contribution in [0.5, 0.6) is 5.75 Å². The van der Waals surface area contributed by atoms with Crippen LogP contribution < -0.4 is 10.1 Å². The first kappa shape index (κ1) is 15.2. The third-order valence-electron chi connectivity index (χ3n) is 2.97. The molecule has 2 aromatic rings. The summed E-state index contributed by atoms with van der Waals surface area (Å²) < 4.78 is 10.5. The van der Waals surface area contributed by atoms with Crippen molar-refractivity contribution in [1.82, 2.24) is 0 Å². The van der Waals surface area contributed by atoms with Gasteiger partial charge in [0.25, 0.3) is 0 Å². The molecule has 110 valence electrons. The Morgan fingerprint density at radius 3 is 2.48 bits per heavy atom. The molecule has 0 heterocycles. The Hall–Kier alpha value is -2.20. The van der Waals surface area contributed by atoms with Crippen molar-refractivity contribution < 1.29 is 14.3 Å². The molecule has 0 spiro atoms. The van der Waals surface area contributed by atoms with Crippen molar-refractivity contribution in [2.24, 2.45) is 0 Å². The number of amides is 1. The molecular formula is C16H16ClNO3. The van der Waals surface area contributed by atoms with Gasteiger partial charge in [0.1, 0.15) is 11.9 Å². The van der Waals surface area contributed by atoms with Crippen LogP contribution >= 0.6 is 11.6 Å². The lowest BCUT2D eigenvalue weighted by molar-refractivity contribution is 0.121. The second-order valence-electron chi connectivity index (χ2n) is 4.42. The van der Waals surface area contributed by atoms with Gasteiger partial charge in [0.05, 0.1) is 12.8 Å². The van der Waals surface area contributed by atoms with Crippen molar-refractivity contribution in [3.8, 4) is 5.75 Å². The zero-order valence-electron chi connectivity index (χ0n) is 11.8. The van der Waals surface area contributed by atoms with Crippen LogP contribution in [0, 0.1) is 0 Å². The molecule has 1 atom stereocenters. The molecule has 0 aromatic heterocycles. The average Bonchev–Trinajstić information content (AvgIpc) is 2.48. The summed E-state index contributed by atoms with van der Waals surface area (Å²) in [5.74, 6) is 0.577. The maximum Gasteiger partial charge on any atom is 0.412 e. The Bertz CT molecular complexity index is 613. The van der Waals surface area contributed by atoms with Gasteiger partial charge in [-0.25, -0.2) is 4.79 Å². The molecule has 0 bridgehead atoms. The highest BCUT2D eigenvalue weighted by atomic mass is 35.5. The molecule has 1 amide bonds. The maximum atomic E-state index is 11.9. The van der Waals surface area contributed by atoms with Crippen molar-refractivity contribution in [3.05, 3.63) is 59.1 Å². The van der Waals surface area contributed by atoms with E-state index in [0.29, 0.717) is 16.5 Å². The number of anilines is 1. The average molecular weight is 306 g/mol. The summed E-state index contributed by atoms with van der Waals surface area (Å²) in [5, 5.41) is 3.30. The molecule has 2 rings (SSSR count). The molecule has 4 nitrogen and oxygen atoms in total. The first-order valence-corrected chi connectivity index (χ1v) is 6.84. The molecule has 5 heteroatoms. The summed E-state index contributed by atoms with van der Waals surface area (Å²) in [6, 6.07) is 14.3. The predicted octanol–water partition coefficient (Wildman–Crippen LogP) is 4.66. The number of benzene rings is 2. The molecule has 0 aliphatic heterocycles.